The Morgan fingerprint density at radius 3 is 2.20 bits per heavy atom. The highest BCUT2D eigenvalue weighted by molar-refractivity contribution is 5.87. The fraction of sp³-hybridized carbons (Fsp3) is 0.357. The first-order chi connectivity index (χ1) is 11.6. The molecule has 0 aromatic heterocycles. The Kier molecular flexibility index (Phi) is 6.81. The monoisotopic (exact) mass is 355 g/mol. The topological polar surface area (TPSA) is 193 Å². The van der Waals surface area contributed by atoms with E-state index in [-0.39, 0.29) is 12.2 Å². The number of rotatable bonds is 9. The molecule has 0 aliphatic rings. The van der Waals surface area contributed by atoms with Gasteiger partial charge in [-0.3, -0.25) is 19.7 Å². The molecule has 0 spiro atoms. The Bertz CT molecular complexity index is 661. The van der Waals surface area contributed by atoms with E-state index >= 15 is 0 Å². The number of carbonyl (C=O) groups excluding carboxylic acids is 1. The van der Waals surface area contributed by atoms with Crippen LogP contribution in [-0.4, -0.2) is 56.2 Å². The van der Waals surface area contributed by atoms with Crippen LogP contribution in [0.5, 0.6) is 5.75 Å². The second-order valence-corrected chi connectivity index (χ2v) is 5.25. The van der Waals surface area contributed by atoms with E-state index in [1.54, 1.807) is 0 Å². The number of nitrogens with two attached hydrogens (primary N) is 1. The van der Waals surface area contributed by atoms with Crippen molar-refractivity contribution in [2.45, 2.75) is 31.0 Å². The van der Waals surface area contributed by atoms with Crippen molar-refractivity contribution in [1.82, 2.24) is 5.32 Å². The quantitative estimate of drug-likeness (QED) is 0.271. The molecule has 1 amide bonds. The standard InChI is InChI=1S/C14H17N3O8/c15-9(5-7-1-3-8(18)4-2-7)13(21)16-12(14(22)23)10(17(24)25)6-11(19)20/h1-4,9-10,12,18H,5-6,15H2,(H,16,21)(H,19,20)(H,22,23)/t9-,10?,12-/m0/s1. The predicted octanol–water partition coefficient (Wildman–Crippen LogP) is -1.05. The molecule has 1 unspecified atom stereocenters. The van der Waals surface area contributed by atoms with Gasteiger partial charge in [-0.25, -0.2) is 4.79 Å². The molecule has 0 heterocycles. The minimum absolute atomic E-state index is 0.00945. The maximum absolute atomic E-state index is 12.0. The molecule has 25 heavy (non-hydrogen) atoms. The first kappa shape index (κ1) is 19.8. The Morgan fingerprint density at radius 1 is 1.20 bits per heavy atom. The highest BCUT2D eigenvalue weighted by Gasteiger charge is 2.40. The number of aromatic hydroxyl groups is 1. The van der Waals surface area contributed by atoms with Crippen molar-refractivity contribution >= 4 is 17.8 Å². The number of nitrogens with zero attached hydrogens (tertiary/aromatic N) is 1. The third kappa shape index (κ3) is 6.06. The second kappa shape index (κ2) is 8.59. The van der Waals surface area contributed by atoms with Crippen LogP contribution in [0.4, 0.5) is 0 Å². The van der Waals surface area contributed by atoms with Crippen molar-refractivity contribution in [2.24, 2.45) is 5.73 Å². The lowest BCUT2D eigenvalue weighted by atomic mass is 10.0. The zero-order valence-corrected chi connectivity index (χ0v) is 12.9. The summed E-state index contributed by atoms with van der Waals surface area (Å²) in [5.74, 6) is -4.28. The smallest absolute Gasteiger partial charge is 0.333 e. The highest BCUT2D eigenvalue weighted by atomic mass is 16.6. The molecule has 0 aliphatic carbocycles. The minimum Gasteiger partial charge on any atom is -0.508 e. The van der Waals surface area contributed by atoms with Crippen molar-refractivity contribution in [2.75, 3.05) is 0 Å². The van der Waals surface area contributed by atoms with E-state index in [1.165, 1.54) is 24.3 Å². The van der Waals surface area contributed by atoms with Gasteiger partial charge in [-0.05, 0) is 24.1 Å². The van der Waals surface area contributed by atoms with Gasteiger partial charge in [-0.15, -0.1) is 0 Å². The van der Waals surface area contributed by atoms with Gasteiger partial charge in [-0.2, -0.15) is 0 Å². The average Bonchev–Trinajstić information content (AvgIpc) is 2.51. The Balaban J connectivity index is 2.83. The van der Waals surface area contributed by atoms with Crippen LogP contribution in [0.25, 0.3) is 0 Å². The number of nitro groups is 1. The van der Waals surface area contributed by atoms with Gasteiger partial charge in [-0.1, -0.05) is 12.1 Å². The molecule has 0 radical (unpaired) electrons. The zero-order chi connectivity index (χ0) is 19.1. The molecule has 11 nitrogen and oxygen atoms in total. The lowest BCUT2D eigenvalue weighted by molar-refractivity contribution is -0.523. The predicted molar refractivity (Wildman–Crippen MR) is 82.4 cm³/mol. The molecule has 6 N–H and O–H groups in total. The molecule has 3 atom stereocenters. The Morgan fingerprint density at radius 2 is 1.76 bits per heavy atom. The number of carboxylic acid groups (broad SMARTS) is 2. The number of hydrogen-bond donors (Lipinski definition) is 5. The van der Waals surface area contributed by atoms with Gasteiger partial charge in [0.1, 0.15) is 12.2 Å². The van der Waals surface area contributed by atoms with Crippen LogP contribution in [0.15, 0.2) is 24.3 Å². The van der Waals surface area contributed by atoms with Crippen LogP contribution < -0.4 is 11.1 Å². The molecule has 0 fully saturated rings. The maximum atomic E-state index is 12.0. The molecule has 1 aromatic carbocycles. The van der Waals surface area contributed by atoms with Gasteiger partial charge in [0.2, 0.25) is 5.91 Å². The maximum Gasteiger partial charge on any atom is 0.333 e. The third-order valence-electron chi connectivity index (χ3n) is 3.33. The van der Waals surface area contributed by atoms with E-state index in [4.69, 9.17) is 15.9 Å². The molecule has 11 heteroatoms. The number of nitrogens with one attached hydrogen (secondary N) is 1. The molecule has 0 aliphatic heterocycles. The normalized spacial score (nSPS) is 14.1. The SMILES string of the molecule is N[C@@H](Cc1ccc(O)cc1)C(=O)N[C@H](C(=O)O)C(CC(=O)O)[N+](=O)[O-]. The van der Waals surface area contributed by atoms with Crippen LogP contribution in [0.2, 0.25) is 0 Å². The summed E-state index contributed by atoms with van der Waals surface area (Å²) in [7, 11) is 0. The van der Waals surface area contributed by atoms with Crippen LogP contribution in [0.3, 0.4) is 0 Å². The fourth-order valence-electron chi connectivity index (χ4n) is 2.05. The molecule has 1 rings (SSSR count). The summed E-state index contributed by atoms with van der Waals surface area (Å²) in [6.07, 6.45) is -1.09. The van der Waals surface area contributed by atoms with Gasteiger partial charge in [0.15, 0.2) is 6.04 Å². The summed E-state index contributed by atoms with van der Waals surface area (Å²) in [5.41, 5.74) is 6.23. The van der Waals surface area contributed by atoms with E-state index in [0.29, 0.717) is 5.56 Å². The summed E-state index contributed by atoms with van der Waals surface area (Å²) in [6, 6.07) is 0.446. The molecular formula is C14H17N3O8. The number of carboxylic acids is 2. The van der Waals surface area contributed by atoms with Crippen LogP contribution in [0.1, 0.15) is 12.0 Å². The number of aliphatic carboxylic acids is 2. The number of phenolic OH excluding ortho intramolecular Hbond substituents is 1. The number of benzene rings is 1. The van der Waals surface area contributed by atoms with E-state index < -0.39 is 47.3 Å². The summed E-state index contributed by atoms with van der Waals surface area (Å²) in [6.45, 7) is 0. The molecular weight excluding hydrogens is 338 g/mol. The lowest BCUT2D eigenvalue weighted by Gasteiger charge is -2.20. The van der Waals surface area contributed by atoms with Crippen molar-refractivity contribution in [3.05, 3.63) is 39.9 Å². The highest BCUT2D eigenvalue weighted by Crippen LogP contribution is 2.11. The molecule has 0 bridgehead atoms. The van der Waals surface area contributed by atoms with E-state index in [0.717, 1.165) is 0 Å². The van der Waals surface area contributed by atoms with Crippen LogP contribution in [0, 0.1) is 10.1 Å². The second-order valence-electron chi connectivity index (χ2n) is 5.25. The van der Waals surface area contributed by atoms with Crippen LogP contribution in [-0.2, 0) is 20.8 Å². The third-order valence-corrected chi connectivity index (χ3v) is 3.33. The largest absolute Gasteiger partial charge is 0.508 e. The van der Waals surface area contributed by atoms with Gasteiger partial charge in [0.05, 0.1) is 6.04 Å². The van der Waals surface area contributed by atoms with Crippen molar-refractivity contribution in [1.29, 1.82) is 0 Å². The summed E-state index contributed by atoms with van der Waals surface area (Å²) in [5, 5.41) is 39.8. The van der Waals surface area contributed by atoms with Crippen molar-refractivity contribution in [3.63, 3.8) is 0 Å². The van der Waals surface area contributed by atoms with E-state index in [2.05, 4.69) is 0 Å². The molecule has 1 aromatic rings. The number of hydrogen-bond acceptors (Lipinski definition) is 7. The average molecular weight is 355 g/mol. The Hall–Kier alpha value is -3.21. The van der Waals surface area contributed by atoms with E-state index in [1.807, 2.05) is 5.32 Å². The van der Waals surface area contributed by atoms with Crippen molar-refractivity contribution < 1.29 is 34.6 Å². The Labute approximate surface area is 141 Å². The van der Waals surface area contributed by atoms with Crippen molar-refractivity contribution in [3.8, 4) is 5.75 Å². The summed E-state index contributed by atoms with van der Waals surface area (Å²) in [4.78, 5) is 43.8. The van der Waals surface area contributed by atoms with Gasteiger partial charge in [0, 0.05) is 4.92 Å². The number of amides is 1. The minimum atomic E-state index is -2.04. The van der Waals surface area contributed by atoms with Gasteiger partial charge >= 0.3 is 11.9 Å². The first-order valence-electron chi connectivity index (χ1n) is 7.03. The number of phenols is 1. The first-order valence-corrected chi connectivity index (χ1v) is 7.03. The van der Waals surface area contributed by atoms with Gasteiger partial charge in [0.25, 0.3) is 6.04 Å². The van der Waals surface area contributed by atoms with E-state index in [9.17, 15) is 29.6 Å². The molecule has 136 valence electrons. The molecule has 0 saturated heterocycles. The van der Waals surface area contributed by atoms with Gasteiger partial charge < -0.3 is 26.4 Å². The molecule has 0 saturated carbocycles. The fourth-order valence-corrected chi connectivity index (χ4v) is 2.05. The van der Waals surface area contributed by atoms with Crippen LogP contribution >= 0.6 is 0 Å². The number of carbonyl (C=O) groups is 3. The summed E-state index contributed by atoms with van der Waals surface area (Å²) < 4.78 is 0. The summed E-state index contributed by atoms with van der Waals surface area (Å²) >= 11 is 0. The zero-order valence-electron chi connectivity index (χ0n) is 12.9. The lowest BCUT2D eigenvalue weighted by Crippen LogP contribution is -2.56.